The summed E-state index contributed by atoms with van der Waals surface area (Å²) in [5, 5.41) is 10.1. The maximum atomic E-state index is 12.7. The van der Waals surface area contributed by atoms with Gasteiger partial charge >= 0.3 is 0 Å². The van der Waals surface area contributed by atoms with Gasteiger partial charge in [-0.1, -0.05) is 29.5 Å². The number of nitrogens with zero attached hydrogens (tertiary/aromatic N) is 1. The SMILES string of the molecule is C=CCOC1Oc2ccccc2C(=O)C1=CNc1n[nH]c(=S)s1. The molecule has 2 heterocycles. The minimum atomic E-state index is -0.810. The molecular formula is C15H13N3O3S2. The molecule has 8 heteroatoms. The van der Waals surface area contributed by atoms with Crippen molar-refractivity contribution in [1.29, 1.82) is 0 Å². The molecule has 23 heavy (non-hydrogen) atoms. The molecule has 1 aromatic carbocycles. The van der Waals surface area contributed by atoms with E-state index in [9.17, 15) is 4.79 Å². The average molecular weight is 347 g/mol. The Morgan fingerprint density at radius 3 is 3.09 bits per heavy atom. The Balaban J connectivity index is 1.91. The van der Waals surface area contributed by atoms with Crippen LogP contribution in [0.1, 0.15) is 10.4 Å². The molecular weight excluding hydrogens is 334 g/mol. The van der Waals surface area contributed by atoms with Crippen LogP contribution < -0.4 is 10.1 Å². The van der Waals surface area contributed by atoms with E-state index in [4.69, 9.17) is 21.7 Å². The van der Waals surface area contributed by atoms with Crippen molar-refractivity contribution in [3.05, 3.63) is 58.2 Å². The molecule has 1 aliphatic rings. The van der Waals surface area contributed by atoms with E-state index in [1.54, 1.807) is 30.3 Å². The monoisotopic (exact) mass is 347 g/mol. The predicted molar refractivity (Wildman–Crippen MR) is 90.3 cm³/mol. The van der Waals surface area contributed by atoms with Gasteiger partial charge < -0.3 is 14.8 Å². The maximum Gasteiger partial charge on any atom is 0.232 e. The van der Waals surface area contributed by atoms with E-state index in [1.807, 2.05) is 0 Å². The number of nitrogens with one attached hydrogen (secondary N) is 2. The van der Waals surface area contributed by atoms with Gasteiger partial charge in [-0.3, -0.25) is 9.89 Å². The molecule has 0 amide bonds. The molecule has 2 N–H and O–H groups in total. The highest BCUT2D eigenvalue weighted by Crippen LogP contribution is 2.31. The predicted octanol–water partition coefficient (Wildman–Crippen LogP) is 3.30. The quantitative estimate of drug-likeness (QED) is 0.491. The Kier molecular flexibility index (Phi) is 4.65. The number of anilines is 1. The summed E-state index contributed by atoms with van der Waals surface area (Å²) in [6.07, 6.45) is 2.32. The fourth-order valence-electron chi connectivity index (χ4n) is 2.04. The number of para-hydroxylation sites is 1. The summed E-state index contributed by atoms with van der Waals surface area (Å²) in [7, 11) is 0. The van der Waals surface area contributed by atoms with Crippen molar-refractivity contribution in [2.75, 3.05) is 11.9 Å². The zero-order chi connectivity index (χ0) is 16.2. The first kappa shape index (κ1) is 15.6. The van der Waals surface area contributed by atoms with Crippen LogP contribution in [0.4, 0.5) is 5.13 Å². The number of carbonyl (C=O) groups is 1. The topological polar surface area (TPSA) is 76.2 Å². The summed E-state index contributed by atoms with van der Waals surface area (Å²) < 4.78 is 11.9. The van der Waals surface area contributed by atoms with Gasteiger partial charge in [0.25, 0.3) is 0 Å². The van der Waals surface area contributed by atoms with Crippen molar-refractivity contribution < 1.29 is 14.3 Å². The van der Waals surface area contributed by atoms with E-state index in [0.717, 1.165) is 0 Å². The van der Waals surface area contributed by atoms with Crippen molar-refractivity contribution in [2.45, 2.75) is 6.29 Å². The molecule has 0 aliphatic carbocycles. The highest BCUT2D eigenvalue weighted by Gasteiger charge is 2.32. The Bertz CT molecular complexity index is 825. The summed E-state index contributed by atoms with van der Waals surface area (Å²) >= 11 is 6.24. The minimum absolute atomic E-state index is 0.160. The van der Waals surface area contributed by atoms with Gasteiger partial charge in [0.1, 0.15) is 5.75 Å². The molecule has 1 atom stereocenters. The Morgan fingerprint density at radius 1 is 1.52 bits per heavy atom. The Labute approximate surface area is 141 Å². The number of aromatic amines is 1. The Morgan fingerprint density at radius 2 is 2.35 bits per heavy atom. The number of fused-ring (bicyclic) bond motifs is 1. The number of rotatable bonds is 5. The van der Waals surface area contributed by atoms with Crippen LogP contribution in [0.25, 0.3) is 0 Å². The summed E-state index contributed by atoms with van der Waals surface area (Å²) in [5.41, 5.74) is 0.848. The molecule has 1 unspecified atom stereocenters. The molecule has 0 saturated carbocycles. The van der Waals surface area contributed by atoms with Crippen LogP contribution in [0.15, 0.2) is 48.7 Å². The van der Waals surface area contributed by atoms with Gasteiger partial charge in [0.2, 0.25) is 11.4 Å². The van der Waals surface area contributed by atoms with Crippen LogP contribution in [0.5, 0.6) is 5.75 Å². The molecule has 0 fully saturated rings. The number of ketones is 1. The van der Waals surface area contributed by atoms with E-state index in [2.05, 4.69) is 22.1 Å². The van der Waals surface area contributed by atoms with Crippen LogP contribution in [0, 0.1) is 3.95 Å². The molecule has 0 spiro atoms. The van der Waals surface area contributed by atoms with E-state index >= 15 is 0 Å². The zero-order valence-electron chi connectivity index (χ0n) is 11.9. The number of benzene rings is 1. The number of carbonyl (C=O) groups excluding carboxylic acids is 1. The first-order chi connectivity index (χ1) is 11.2. The molecule has 6 nitrogen and oxygen atoms in total. The normalized spacial score (nSPS) is 18.3. The van der Waals surface area contributed by atoms with E-state index in [1.165, 1.54) is 17.5 Å². The lowest BCUT2D eigenvalue weighted by Gasteiger charge is -2.27. The molecule has 2 aromatic rings. The first-order valence-electron chi connectivity index (χ1n) is 6.74. The largest absolute Gasteiger partial charge is 0.460 e. The van der Waals surface area contributed by atoms with Gasteiger partial charge in [-0.2, -0.15) is 0 Å². The summed E-state index contributed by atoms with van der Waals surface area (Å²) in [5.74, 6) is 0.340. The molecule has 1 aliphatic heterocycles. The number of ether oxygens (including phenoxy) is 2. The lowest BCUT2D eigenvalue weighted by molar-refractivity contribution is -0.0444. The number of H-pyrrole nitrogens is 1. The van der Waals surface area contributed by atoms with Crippen LogP contribution in [-0.4, -0.2) is 28.9 Å². The van der Waals surface area contributed by atoms with Gasteiger partial charge in [0, 0.05) is 6.20 Å². The van der Waals surface area contributed by atoms with Crippen LogP contribution in [0.2, 0.25) is 0 Å². The number of hydrogen-bond donors (Lipinski definition) is 2. The fraction of sp³-hybridized carbons (Fsp3) is 0.133. The summed E-state index contributed by atoms with van der Waals surface area (Å²) in [4.78, 5) is 12.7. The third-order valence-corrected chi connectivity index (χ3v) is 4.06. The number of aromatic nitrogens is 2. The van der Waals surface area contributed by atoms with Gasteiger partial charge in [-0.15, -0.1) is 11.7 Å². The second-order valence-corrected chi connectivity index (χ2v) is 6.23. The van der Waals surface area contributed by atoms with Crippen LogP contribution in [0.3, 0.4) is 0 Å². The van der Waals surface area contributed by atoms with Gasteiger partial charge in [-0.05, 0) is 24.4 Å². The Hall–Kier alpha value is -2.29. The number of hydrogen-bond acceptors (Lipinski definition) is 7. The second kappa shape index (κ2) is 6.86. The van der Waals surface area contributed by atoms with E-state index in [-0.39, 0.29) is 12.4 Å². The van der Waals surface area contributed by atoms with Crippen molar-refractivity contribution in [3.63, 3.8) is 0 Å². The van der Waals surface area contributed by atoms with Crippen molar-refractivity contribution >= 4 is 34.5 Å². The smallest absolute Gasteiger partial charge is 0.232 e. The van der Waals surface area contributed by atoms with Crippen LogP contribution >= 0.6 is 23.6 Å². The van der Waals surface area contributed by atoms with Crippen LogP contribution in [-0.2, 0) is 4.74 Å². The van der Waals surface area contributed by atoms with E-state index < -0.39 is 6.29 Å². The van der Waals surface area contributed by atoms with Gasteiger partial charge in [0.15, 0.2) is 9.74 Å². The molecule has 3 rings (SSSR count). The average Bonchev–Trinajstić information content (AvgIpc) is 2.97. The first-order valence-corrected chi connectivity index (χ1v) is 7.96. The lowest BCUT2D eigenvalue weighted by Crippen LogP contribution is -2.33. The van der Waals surface area contributed by atoms with Gasteiger partial charge in [0.05, 0.1) is 17.7 Å². The molecule has 0 saturated heterocycles. The standard InChI is InChI=1S/C15H13N3O3S2/c1-2-7-20-13-10(8-16-14-17-18-15(22)23-14)12(19)9-5-3-4-6-11(9)21-13/h2-6,8,13H,1,7H2,(H,16,17)(H,18,22). The third-order valence-electron chi connectivity index (χ3n) is 3.04. The van der Waals surface area contributed by atoms with Gasteiger partial charge in [-0.25, -0.2) is 0 Å². The lowest BCUT2D eigenvalue weighted by atomic mass is 10.00. The van der Waals surface area contributed by atoms with Crippen molar-refractivity contribution in [1.82, 2.24) is 10.2 Å². The zero-order valence-corrected chi connectivity index (χ0v) is 13.6. The third kappa shape index (κ3) is 3.39. The van der Waals surface area contributed by atoms with Crippen molar-refractivity contribution in [2.24, 2.45) is 0 Å². The molecule has 0 bridgehead atoms. The second-order valence-electron chi connectivity index (χ2n) is 4.56. The molecule has 118 valence electrons. The molecule has 0 radical (unpaired) electrons. The highest BCUT2D eigenvalue weighted by molar-refractivity contribution is 7.73. The highest BCUT2D eigenvalue weighted by atomic mass is 32.1. The maximum absolute atomic E-state index is 12.7. The minimum Gasteiger partial charge on any atom is -0.460 e. The summed E-state index contributed by atoms with van der Waals surface area (Å²) in [6, 6.07) is 7.05. The number of Topliss-reactive ketones (excluding diaryl/α,β-unsaturated/α-hetero) is 1. The van der Waals surface area contributed by atoms with Crippen molar-refractivity contribution in [3.8, 4) is 5.75 Å². The fourth-order valence-corrected chi connectivity index (χ4v) is 2.80. The summed E-state index contributed by atoms with van der Waals surface area (Å²) in [6.45, 7) is 3.87. The van der Waals surface area contributed by atoms with E-state index in [0.29, 0.717) is 26.0 Å². The molecule has 1 aromatic heterocycles.